The van der Waals surface area contributed by atoms with Gasteiger partial charge in [-0.3, -0.25) is 14.7 Å². The maximum absolute atomic E-state index is 12.2. The third-order valence-corrected chi connectivity index (χ3v) is 4.31. The summed E-state index contributed by atoms with van der Waals surface area (Å²) in [6, 6.07) is 5.46. The van der Waals surface area contributed by atoms with Gasteiger partial charge in [-0.1, -0.05) is 11.6 Å². The van der Waals surface area contributed by atoms with Gasteiger partial charge in [-0.2, -0.15) is 0 Å². The van der Waals surface area contributed by atoms with Crippen molar-refractivity contribution in [2.45, 2.75) is 6.92 Å². The van der Waals surface area contributed by atoms with E-state index in [-0.39, 0.29) is 5.91 Å². The van der Waals surface area contributed by atoms with Crippen molar-refractivity contribution < 1.29 is 4.79 Å². The Bertz CT molecular complexity index is 701. The van der Waals surface area contributed by atoms with Crippen LogP contribution in [0.25, 0.3) is 0 Å². The van der Waals surface area contributed by atoms with E-state index in [0.29, 0.717) is 11.6 Å². The first-order valence-electron chi connectivity index (χ1n) is 7.91. The van der Waals surface area contributed by atoms with Gasteiger partial charge in [0.15, 0.2) is 0 Å². The van der Waals surface area contributed by atoms with Crippen molar-refractivity contribution in [3.63, 3.8) is 0 Å². The molecule has 0 saturated carbocycles. The molecule has 1 fully saturated rings. The van der Waals surface area contributed by atoms with E-state index < -0.39 is 0 Å². The number of amides is 1. The first-order valence-corrected chi connectivity index (χ1v) is 8.29. The number of nitrogens with zero attached hydrogens (tertiary/aromatic N) is 4. The second kappa shape index (κ2) is 7.59. The molecule has 1 aliphatic heterocycles. The van der Waals surface area contributed by atoms with E-state index in [1.165, 1.54) is 0 Å². The maximum atomic E-state index is 12.2. The number of benzene rings is 1. The normalized spacial score (nSPS) is 15.3. The molecule has 0 atom stereocenters. The Balaban J connectivity index is 1.50. The maximum Gasteiger partial charge on any atom is 0.238 e. The quantitative estimate of drug-likeness (QED) is 0.920. The van der Waals surface area contributed by atoms with Crippen LogP contribution in [0.5, 0.6) is 0 Å². The molecular weight excluding hydrogens is 326 g/mol. The predicted molar refractivity (Wildman–Crippen MR) is 95.5 cm³/mol. The minimum atomic E-state index is -0.00613. The lowest BCUT2D eigenvalue weighted by molar-refractivity contribution is -0.117. The SMILES string of the molecule is Cc1cc(Cl)ccc1NC(=O)CN1CCN(c2cnccn2)CC1. The number of aromatic nitrogens is 2. The summed E-state index contributed by atoms with van der Waals surface area (Å²) in [6.07, 6.45) is 5.14. The second-order valence-electron chi connectivity index (χ2n) is 5.83. The zero-order valence-corrected chi connectivity index (χ0v) is 14.3. The summed E-state index contributed by atoms with van der Waals surface area (Å²) in [5, 5.41) is 3.62. The van der Waals surface area contributed by atoms with Gasteiger partial charge in [-0.15, -0.1) is 0 Å². The summed E-state index contributed by atoms with van der Waals surface area (Å²) in [7, 11) is 0. The number of aryl methyl sites for hydroxylation is 1. The standard InChI is InChI=1S/C17H20ClN5O/c1-13-10-14(18)2-3-15(13)21-17(24)12-22-6-8-23(9-7-22)16-11-19-4-5-20-16/h2-5,10-11H,6-9,12H2,1H3,(H,21,24). The Morgan fingerprint density at radius 2 is 2.04 bits per heavy atom. The third-order valence-electron chi connectivity index (χ3n) is 4.08. The molecule has 0 radical (unpaired) electrons. The van der Waals surface area contributed by atoms with E-state index in [1.807, 2.05) is 19.1 Å². The number of anilines is 2. The molecule has 7 heteroatoms. The molecule has 3 rings (SSSR count). The van der Waals surface area contributed by atoms with Crippen molar-refractivity contribution in [3.8, 4) is 0 Å². The average molecular weight is 346 g/mol. The number of rotatable bonds is 4. The van der Waals surface area contributed by atoms with Crippen LogP contribution in [0.4, 0.5) is 11.5 Å². The molecule has 2 heterocycles. The summed E-state index contributed by atoms with van der Waals surface area (Å²) in [5.74, 6) is 0.881. The molecule has 1 N–H and O–H groups in total. The van der Waals surface area contributed by atoms with Crippen molar-refractivity contribution >= 4 is 29.0 Å². The van der Waals surface area contributed by atoms with Gasteiger partial charge < -0.3 is 10.2 Å². The number of carbonyl (C=O) groups excluding carboxylic acids is 1. The monoisotopic (exact) mass is 345 g/mol. The minimum absolute atomic E-state index is 0.00613. The molecule has 6 nitrogen and oxygen atoms in total. The van der Waals surface area contributed by atoms with E-state index in [1.54, 1.807) is 24.7 Å². The summed E-state index contributed by atoms with van der Waals surface area (Å²) in [6.45, 7) is 5.64. The van der Waals surface area contributed by atoms with Crippen LogP contribution in [0.2, 0.25) is 5.02 Å². The molecular formula is C17H20ClN5O. The number of piperazine rings is 1. The van der Waals surface area contributed by atoms with Crippen LogP contribution in [-0.4, -0.2) is 53.5 Å². The Kier molecular flexibility index (Phi) is 5.27. The van der Waals surface area contributed by atoms with Crippen LogP contribution in [0.3, 0.4) is 0 Å². The molecule has 0 bridgehead atoms. The lowest BCUT2D eigenvalue weighted by atomic mass is 10.2. The Morgan fingerprint density at radius 1 is 1.25 bits per heavy atom. The lowest BCUT2D eigenvalue weighted by Crippen LogP contribution is -2.49. The van der Waals surface area contributed by atoms with Crippen LogP contribution in [-0.2, 0) is 4.79 Å². The van der Waals surface area contributed by atoms with Gasteiger partial charge in [0.05, 0.1) is 12.7 Å². The van der Waals surface area contributed by atoms with Gasteiger partial charge in [0.2, 0.25) is 5.91 Å². The highest BCUT2D eigenvalue weighted by atomic mass is 35.5. The molecule has 0 aliphatic carbocycles. The predicted octanol–water partition coefficient (Wildman–Crippen LogP) is 2.20. The van der Waals surface area contributed by atoms with E-state index in [4.69, 9.17) is 11.6 Å². The van der Waals surface area contributed by atoms with Crippen molar-refractivity contribution in [2.24, 2.45) is 0 Å². The zero-order chi connectivity index (χ0) is 16.9. The molecule has 1 saturated heterocycles. The molecule has 24 heavy (non-hydrogen) atoms. The molecule has 0 spiro atoms. The van der Waals surface area contributed by atoms with Crippen LogP contribution in [0, 0.1) is 6.92 Å². The zero-order valence-electron chi connectivity index (χ0n) is 13.6. The first kappa shape index (κ1) is 16.7. The molecule has 1 amide bonds. The Morgan fingerprint density at radius 3 is 2.71 bits per heavy atom. The van der Waals surface area contributed by atoms with Crippen molar-refractivity contribution in [2.75, 3.05) is 42.9 Å². The van der Waals surface area contributed by atoms with E-state index in [0.717, 1.165) is 43.2 Å². The van der Waals surface area contributed by atoms with Gasteiger partial charge in [0.1, 0.15) is 5.82 Å². The third kappa shape index (κ3) is 4.21. The molecule has 1 aliphatic rings. The Hall–Kier alpha value is -2.18. The largest absolute Gasteiger partial charge is 0.353 e. The first-order chi connectivity index (χ1) is 11.6. The number of halogens is 1. The fourth-order valence-electron chi connectivity index (χ4n) is 2.75. The highest BCUT2D eigenvalue weighted by Crippen LogP contribution is 2.19. The lowest BCUT2D eigenvalue weighted by Gasteiger charge is -2.34. The summed E-state index contributed by atoms with van der Waals surface area (Å²) in [5.41, 5.74) is 1.77. The highest BCUT2D eigenvalue weighted by molar-refractivity contribution is 6.30. The molecule has 2 aromatic rings. The van der Waals surface area contributed by atoms with Crippen LogP contribution >= 0.6 is 11.6 Å². The fraction of sp³-hybridized carbons (Fsp3) is 0.353. The van der Waals surface area contributed by atoms with Crippen LogP contribution in [0.15, 0.2) is 36.8 Å². The van der Waals surface area contributed by atoms with Gasteiger partial charge in [0.25, 0.3) is 0 Å². The van der Waals surface area contributed by atoms with Crippen LogP contribution in [0.1, 0.15) is 5.56 Å². The van der Waals surface area contributed by atoms with E-state index in [2.05, 4.69) is 25.1 Å². The van der Waals surface area contributed by atoms with Gasteiger partial charge in [-0.25, -0.2) is 4.98 Å². The Labute approximate surface area is 146 Å². The molecule has 1 aromatic carbocycles. The van der Waals surface area contributed by atoms with E-state index >= 15 is 0 Å². The van der Waals surface area contributed by atoms with E-state index in [9.17, 15) is 4.79 Å². The summed E-state index contributed by atoms with van der Waals surface area (Å²) >= 11 is 5.94. The summed E-state index contributed by atoms with van der Waals surface area (Å²) in [4.78, 5) is 25.0. The van der Waals surface area contributed by atoms with Crippen molar-refractivity contribution in [3.05, 3.63) is 47.4 Å². The van der Waals surface area contributed by atoms with Gasteiger partial charge >= 0.3 is 0 Å². The van der Waals surface area contributed by atoms with Crippen molar-refractivity contribution in [1.29, 1.82) is 0 Å². The smallest absolute Gasteiger partial charge is 0.238 e. The van der Waals surface area contributed by atoms with Crippen LogP contribution < -0.4 is 10.2 Å². The number of hydrogen-bond donors (Lipinski definition) is 1. The topological polar surface area (TPSA) is 61.4 Å². The number of nitrogens with one attached hydrogen (secondary N) is 1. The molecule has 0 unspecified atom stereocenters. The average Bonchev–Trinajstić information content (AvgIpc) is 2.59. The number of hydrogen-bond acceptors (Lipinski definition) is 5. The fourth-order valence-corrected chi connectivity index (χ4v) is 2.98. The molecule has 1 aromatic heterocycles. The van der Waals surface area contributed by atoms with Gasteiger partial charge in [-0.05, 0) is 30.7 Å². The number of carbonyl (C=O) groups is 1. The van der Waals surface area contributed by atoms with Gasteiger partial charge in [0, 0.05) is 49.3 Å². The minimum Gasteiger partial charge on any atom is -0.353 e. The molecule has 126 valence electrons. The summed E-state index contributed by atoms with van der Waals surface area (Å²) < 4.78 is 0. The highest BCUT2D eigenvalue weighted by Gasteiger charge is 2.20. The van der Waals surface area contributed by atoms with Crippen molar-refractivity contribution in [1.82, 2.24) is 14.9 Å². The second-order valence-corrected chi connectivity index (χ2v) is 6.27.